The van der Waals surface area contributed by atoms with Crippen LogP contribution in [0.1, 0.15) is 18.1 Å². The number of anilines is 1. The number of pyridine rings is 1. The highest BCUT2D eigenvalue weighted by molar-refractivity contribution is 6.35. The Kier molecular flexibility index (Phi) is 3.81. The van der Waals surface area contributed by atoms with Gasteiger partial charge in [-0.25, -0.2) is 4.98 Å². The Morgan fingerprint density at radius 1 is 1.30 bits per heavy atom. The van der Waals surface area contributed by atoms with Crippen LogP contribution in [0.5, 0.6) is 0 Å². The number of halogens is 1. The van der Waals surface area contributed by atoms with Crippen LogP contribution in [-0.2, 0) is 6.42 Å². The summed E-state index contributed by atoms with van der Waals surface area (Å²) in [7, 11) is 0. The van der Waals surface area contributed by atoms with Crippen molar-refractivity contribution in [2.45, 2.75) is 20.3 Å². The summed E-state index contributed by atoms with van der Waals surface area (Å²) in [6.07, 6.45) is 0.979. The Balaban J connectivity index is 2.17. The third kappa shape index (κ3) is 2.36. The van der Waals surface area contributed by atoms with Crippen molar-refractivity contribution in [1.29, 1.82) is 0 Å². The number of benzene rings is 1. The van der Waals surface area contributed by atoms with Crippen molar-refractivity contribution >= 4 is 28.3 Å². The van der Waals surface area contributed by atoms with E-state index in [-0.39, 0.29) is 0 Å². The van der Waals surface area contributed by atoms with Crippen LogP contribution in [0, 0.1) is 6.92 Å². The molecule has 1 aromatic heterocycles. The molecular weight excluding hydrogens is 270 g/mol. The largest absolute Gasteiger partial charge is 0.354 e. The molecule has 20 heavy (non-hydrogen) atoms. The van der Waals surface area contributed by atoms with Crippen LogP contribution in [-0.4, -0.2) is 31.2 Å². The van der Waals surface area contributed by atoms with Crippen LogP contribution in [0.4, 0.5) is 5.82 Å². The molecule has 1 saturated heterocycles. The number of nitrogens with one attached hydrogen (secondary N) is 1. The number of hydrogen-bond donors (Lipinski definition) is 1. The van der Waals surface area contributed by atoms with E-state index in [2.05, 4.69) is 30.1 Å². The van der Waals surface area contributed by atoms with Gasteiger partial charge in [0, 0.05) is 36.6 Å². The van der Waals surface area contributed by atoms with Crippen molar-refractivity contribution in [3.05, 3.63) is 34.3 Å². The summed E-state index contributed by atoms with van der Waals surface area (Å²) in [5, 5.41) is 5.25. The van der Waals surface area contributed by atoms with Gasteiger partial charge in [0.05, 0.1) is 5.52 Å². The zero-order valence-corrected chi connectivity index (χ0v) is 12.8. The predicted octanol–water partition coefficient (Wildman–Crippen LogP) is 3.17. The number of hydrogen-bond acceptors (Lipinski definition) is 3. The van der Waals surface area contributed by atoms with E-state index in [1.807, 2.05) is 12.1 Å². The van der Waals surface area contributed by atoms with E-state index in [1.54, 1.807) is 0 Å². The highest BCUT2D eigenvalue weighted by Gasteiger charge is 2.17. The van der Waals surface area contributed by atoms with Crippen LogP contribution in [0.3, 0.4) is 0 Å². The number of fused-ring (bicyclic) bond motifs is 1. The molecule has 0 amide bonds. The Bertz CT molecular complexity index is 633. The van der Waals surface area contributed by atoms with Crippen LogP contribution < -0.4 is 10.2 Å². The molecule has 2 aromatic rings. The first-order valence-corrected chi connectivity index (χ1v) is 7.63. The number of aryl methyl sites for hydroxylation is 2. The number of aromatic nitrogens is 1. The topological polar surface area (TPSA) is 28.2 Å². The van der Waals surface area contributed by atoms with Crippen molar-refractivity contribution in [1.82, 2.24) is 10.3 Å². The molecule has 0 spiro atoms. The van der Waals surface area contributed by atoms with Crippen molar-refractivity contribution in [2.24, 2.45) is 0 Å². The zero-order valence-electron chi connectivity index (χ0n) is 12.0. The van der Waals surface area contributed by atoms with Gasteiger partial charge in [-0.3, -0.25) is 0 Å². The van der Waals surface area contributed by atoms with Gasteiger partial charge in [0.2, 0.25) is 0 Å². The normalized spacial score (nSPS) is 15.8. The molecule has 4 heteroatoms. The first kappa shape index (κ1) is 13.7. The van der Waals surface area contributed by atoms with Gasteiger partial charge in [0.25, 0.3) is 0 Å². The Hall–Kier alpha value is -1.32. The summed E-state index contributed by atoms with van der Waals surface area (Å²) in [4.78, 5) is 7.33. The number of nitrogens with zero attached hydrogens (tertiary/aromatic N) is 2. The molecule has 0 bridgehead atoms. The van der Waals surface area contributed by atoms with Gasteiger partial charge in [-0.2, -0.15) is 0 Å². The molecule has 106 valence electrons. The Morgan fingerprint density at radius 2 is 2.05 bits per heavy atom. The third-order valence-electron chi connectivity index (χ3n) is 3.99. The van der Waals surface area contributed by atoms with Gasteiger partial charge >= 0.3 is 0 Å². The first-order valence-electron chi connectivity index (χ1n) is 7.25. The average Bonchev–Trinajstić information content (AvgIpc) is 2.51. The van der Waals surface area contributed by atoms with Gasteiger partial charge < -0.3 is 10.2 Å². The summed E-state index contributed by atoms with van der Waals surface area (Å²) < 4.78 is 0. The fraction of sp³-hybridized carbons (Fsp3) is 0.438. The quantitative estimate of drug-likeness (QED) is 0.920. The molecule has 1 aliphatic heterocycles. The molecule has 3 rings (SSSR count). The predicted molar refractivity (Wildman–Crippen MR) is 86.0 cm³/mol. The molecule has 0 radical (unpaired) electrons. The smallest absolute Gasteiger partial charge is 0.132 e. The molecule has 0 unspecified atom stereocenters. The van der Waals surface area contributed by atoms with Crippen LogP contribution in [0.25, 0.3) is 10.9 Å². The minimum atomic E-state index is 0.791. The SMILES string of the molecule is CCc1cc2c(Cl)ccc(C)c2nc1N1CCNCC1. The lowest BCUT2D eigenvalue weighted by molar-refractivity contribution is 0.584. The molecule has 0 atom stereocenters. The molecule has 0 saturated carbocycles. The van der Waals surface area contributed by atoms with Gasteiger partial charge in [0.15, 0.2) is 0 Å². The highest BCUT2D eigenvalue weighted by Crippen LogP contribution is 2.30. The second-order valence-electron chi connectivity index (χ2n) is 5.32. The fourth-order valence-corrected chi connectivity index (χ4v) is 3.01. The molecule has 3 nitrogen and oxygen atoms in total. The Labute approximate surface area is 124 Å². The molecule has 1 aliphatic rings. The summed E-state index contributed by atoms with van der Waals surface area (Å²) in [6, 6.07) is 6.23. The minimum absolute atomic E-state index is 0.791. The lowest BCUT2D eigenvalue weighted by Gasteiger charge is -2.30. The van der Waals surface area contributed by atoms with Crippen LogP contribution in [0.2, 0.25) is 5.02 Å². The summed E-state index contributed by atoms with van der Waals surface area (Å²) in [5.74, 6) is 1.13. The molecule has 1 N–H and O–H groups in total. The lowest BCUT2D eigenvalue weighted by atomic mass is 10.1. The first-order chi connectivity index (χ1) is 9.70. The maximum Gasteiger partial charge on any atom is 0.132 e. The van der Waals surface area contributed by atoms with Gasteiger partial charge in [-0.05, 0) is 36.6 Å². The van der Waals surface area contributed by atoms with E-state index >= 15 is 0 Å². The van der Waals surface area contributed by atoms with Gasteiger partial charge in [0.1, 0.15) is 5.82 Å². The lowest BCUT2D eigenvalue weighted by Crippen LogP contribution is -2.44. The van der Waals surface area contributed by atoms with Gasteiger partial charge in [-0.1, -0.05) is 24.6 Å². The Morgan fingerprint density at radius 3 is 2.75 bits per heavy atom. The number of piperazine rings is 1. The van der Waals surface area contributed by atoms with Crippen LogP contribution >= 0.6 is 11.6 Å². The van der Waals surface area contributed by atoms with E-state index in [1.165, 1.54) is 11.1 Å². The molecule has 1 fully saturated rings. The molecule has 2 heterocycles. The molecular formula is C16H20ClN3. The summed E-state index contributed by atoms with van der Waals surface area (Å²) in [6.45, 7) is 8.36. The second kappa shape index (κ2) is 5.58. The maximum absolute atomic E-state index is 6.33. The minimum Gasteiger partial charge on any atom is -0.354 e. The summed E-state index contributed by atoms with van der Waals surface area (Å²) >= 11 is 6.33. The van der Waals surface area contributed by atoms with E-state index in [9.17, 15) is 0 Å². The fourth-order valence-electron chi connectivity index (χ4n) is 2.81. The van der Waals surface area contributed by atoms with Crippen molar-refractivity contribution in [3.63, 3.8) is 0 Å². The van der Waals surface area contributed by atoms with E-state index in [0.29, 0.717) is 0 Å². The van der Waals surface area contributed by atoms with Crippen molar-refractivity contribution in [3.8, 4) is 0 Å². The van der Waals surface area contributed by atoms with Crippen LogP contribution in [0.15, 0.2) is 18.2 Å². The van der Waals surface area contributed by atoms with E-state index < -0.39 is 0 Å². The maximum atomic E-state index is 6.33. The van der Waals surface area contributed by atoms with Crippen molar-refractivity contribution in [2.75, 3.05) is 31.1 Å². The molecule has 1 aromatic carbocycles. The molecule has 0 aliphatic carbocycles. The van der Waals surface area contributed by atoms with E-state index in [4.69, 9.17) is 16.6 Å². The van der Waals surface area contributed by atoms with Gasteiger partial charge in [-0.15, -0.1) is 0 Å². The number of rotatable bonds is 2. The van der Waals surface area contributed by atoms with E-state index in [0.717, 1.165) is 54.3 Å². The average molecular weight is 290 g/mol. The standard InChI is InChI=1S/C16H20ClN3/c1-3-12-10-13-14(17)5-4-11(2)15(13)19-16(12)20-8-6-18-7-9-20/h4-5,10,18H,3,6-9H2,1-2H3. The second-order valence-corrected chi connectivity index (χ2v) is 5.73. The van der Waals surface area contributed by atoms with Crippen molar-refractivity contribution < 1.29 is 0 Å². The zero-order chi connectivity index (χ0) is 14.1. The highest BCUT2D eigenvalue weighted by atomic mass is 35.5. The summed E-state index contributed by atoms with van der Waals surface area (Å²) in [5.41, 5.74) is 3.50. The monoisotopic (exact) mass is 289 g/mol. The third-order valence-corrected chi connectivity index (χ3v) is 4.32.